The zero-order valence-corrected chi connectivity index (χ0v) is 19.0. The van der Waals surface area contributed by atoms with Crippen molar-refractivity contribution in [2.24, 2.45) is 0 Å². The molecule has 1 aliphatic carbocycles. The summed E-state index contributed by atoms with van der Waals surface area (Å²) in [5.41, 5.74) is 1.92. The molecule has 0 amide bonds. The van der Waals surface area contributed by atoms with Gasteiger partial charge >= 0.3 is 5.97 Å². The highest BCUT2D eigenvalue weighted by molar-refractivity contribution is 6.42. The lowest BCUT2D eigenvalue weighted by molar-refractivity contribution is 0.0676. The van der Waals surface area contributed by atoms with Crippen LogP contribution in [0.2, 0.25) is 10.0 Å². The molecule has 0 spiro atoms. The fraction of sp³-hybridized carbons (Fsp3) is 0.348. The lowest BCUT2D eigenvalue weighted by Gasteiger charge is -2.29. The number of benzene rings is 2. The molecule has 1 aromatic heterocycles. The molecule has 1 aliphatic rings. The minimum absolute atomic E-state index is 0.111. The summed E-state index contributed by atoms with van der Waals surface area (Å²) in [5.74, 6) is 0.136. The minimum Gasteiger partial charge on any atom is -0.497 e. The van der Waals surface area contributed by atoms with Crippen molar-refractivity contribution in [2.75, 3.05) is 7.11 Å². The molecule has 0 unspecified atom stereocenters. The van der Waals surface area contributed by atoms with Gasteiger partial charge in [-0.05, 0) is 67.0 Å². The number of methoxy groups -OCH3 is 1. The second-order valence-electron chi connectivity index (χ2n) is 7.82. The van der Waals surface area contributed by atoms with Crippen LogP contribution in [0.15, 0.2) is 42.5 Å². The molecule has 1 heterocycles. The largest absolute Gasteiger partial charge is 0.497 e. The topological polar surface area (TPSA) is 86.5 Å². The third kappa shape index (κ3) is 5.00. The molecule has 7 nitrogen and oxygen atoms in total. The summed E-state index contributed by atoms with van der Waals surface area (Å²) >= 11 is 12.2. The predicted molar refractivity (Wildman–Crippen MR) is 121 cm³/mol. The fourth-order valence-electron chi connectivity index (χ4n) is 4.00. The molecule has 0 bridgehead atoms. The number of hydrogen-bond donors (Lipinski definition) is 1. The van der Waals surface area contributed by atoms with Crippen molar-refractivity contribution in [2.45, 2.75) is 44.2 Å². The average molecular weight is 476 g/mol. The summed E-state index contributed by atoms with van der Waals surface area (Å²) in [6.45, 7) is 0.345. The molecule has 32 heavy (non-hydrogen) atoms. The standard InChI is InChI=1S/C23H23Cl2N3O4/c1-31-17-7-2-14(3-8-17)13-28-22(21(23(29)30)26-27-28)32-18-9-4-15(5-10-18)16-6-11-19(24)20(25)12-16/h2-3,6-8,11-12,15,18H,4-5,9-10,13H2,1H3,(H,29,30). The number of ether oxygens (including phenoxy) is 2. The van der Waals surface area contributed by atoms with Crippen molar-refractivity contribution in [3.05, 3.63) is 69.3 Å². The number of aromatic nitrogens is 3. The van der Waals surface area contributed by atoms with Crippen molar-refractivity contribution in [3.63, 3.8) is 0 Å². The van der Waals surface area contributed by atoms with Crippen molar-refractivity contribution in [1.29, 1.82) is 0 Å². The number of halogens is 2. The van der Waals surface area contributed by atoms with Gasteiger partial charge in [0.15, 0.2) is 0 Å². The summed E-state index contributed by atoms with van der Waals surface area (Å²) in [5, 5.41) is 18.5. The van der Waals surface area contributed by atoms with Crippen molar-refractivity contribution < 1.29 is 19.4 Å². The molecule has 4 rings (SSSR count). The van der Waals surface area contributed by atoms with Gasteiger partial charge in [0.2, 0.25) is 11.6 Å². The van der Waals surface area contributed by atoms with E-state index in [2.05, 4.69) is 10.3 Å². The molecule has 3 aromatic rings. The molecule has 0 radical (unpaired) electrons. The third-order valence-corrected chi connectivity index (χ3v) is 6.49. The number of hydrogen-bond acceptors (Lipinski definition) is 5. The molecular formula is C23H23Cl2N3O4. The van der Waals surface area contributed by atoms with Gasteiger partial charge in [-0.25, -0.2) is 9.48 Å². The predicted octanol–water partition coefficient (Wildman–Crippen LogP) is 5.45. The van der Waals surface area contributed by atoms with E-state index in [1.807, 2.05) is 42.5 Å². The Morgan fingerprint density at radius 1 is 1.09 bits per heavy atom. The highest BCUT2D eigenvalue weighted by Gasteiger charge is 2.28. The van der Waals surface area contributed by atoms with E-state index < -0.39 is 5.97 Å². The van der Waals surface area contributed by atoms with Crippen LogP contribution >= 0.6 is 23.2 Å². The lowest BCUT2D eigenvalue weighted by atomic mass is 9.83. The Balaban J connectivity index is 1.45. The monoisotopic (exact) mass is 475 g/mol. The van der Waals surface area contributed by atoms with Crippen molar-refractivity contribution in [3.8, 4) is 11.6 Å². The van der Waals surface area contributed by atoms with Crippen LogP contribution in [0, 0.1) is 0 Å². The van der Waals surface area contributed by atoms with E-state index in [-0.39, 0.29) is 17.7 Å². The van der Waals surface area contributed by atoms with Gasteiger partial charge in [-0.3, -0.25) is 0 Å². The Labute approximate surface area is 195 Å². The van der Waals surface area contributed by atoms with Gasteiger partial charge in [0.1, 0.15) is 11.9 Å². The van der Waals surface area contributed by atoms with Crippen LogP contribution in [0.5, 0.6) is 11.6 Å². The Hall–Kier alpha value is -2.77. The number of carboxylic acids is 1. The van der Waals surface area contributed by atoms with Gasteiger partial charge < -0.3 is 14.6 Å². The highest BCUT2D eigenvalue weighted by atomic mass is 35.5. The van der Waals surface area contributed by atoms with Gasteiger partial charge in [0.25, 0.3) is 0 Å². The molecule has 168 valence electrons. The summed E-state index contributed by atoms with van der Waals surface area (Å²) < 4.78 is 12.8. The molecule has 0 saturated heterocycles. The van der Waals surface area contributed by atoms with Crippen LogP contribution in [0.1, 0.15) is 53.2 Å². The highest BCUT2D eigenvalue weighted by Crippen LogP contribution is 2.37. The Morgan fingerprint density at radius 3 is 2.44 bits per heavy atom. The smallest absolute Gasteiger partial charge is 0.362 e. The van der Waals surface area contributed by atoms with Gasteiger partial charge in [0.05, 0.1) is 23.7 Å². The minimum atomic E-state index is -1.16. The summed E-state index contributed by atoms with van der Waals surface area (Å²) in [6, 6.07) is 13.2. The molecule has 9 heteroatoms. The van der Waals surface area contributed by atoms with Crippen molar-refractivity contribution in [1.82, 2.24) is 15.0 Å². The molecule has 1 fully saturated rings. The van der Waals surface area contributed by atoms with Gasteiger partial charge in [-0.15, -0.1) is 5.10 Å². The molecule has 0 aliphatic heterocycles. The molecule has 1 N–H and O–H groups in total. The van der Waals surface area contributed by atoms with Crippen LogP contribution in [0.3, 0.4) is 0 Å². The lowest BCUT2D eigenvalue weighted by Crippen LogP contribution is -2.25. The van der Waals surface area contributed by atoms with Crippen LogP contribution in [0.4, 0.5) is 0 Å². The first-order valence-electron chi connectivity index (χ1n) is 10.4. The fourth-order valence-corrected chi connectivity index (χ4v) is 4.31. The summed E-state index contributed by atoms with van der Waals surface area (Å²) in [4.78, 5) is 11.7. The molecule has 0 atom stereocenters. The Morgan fingerprint density at radius 2 is 1.81 bits per heavy atom. The van der Waals surface area contributed by atoms with E-state index in [1.165, 1.54) is 4.68 Å². The molecular weight excluding hydrogens is 453 g/mol. The number of carboxylic acid groups (broad SMARTS) is 1. The maximum Gasteiger partial charge on any atom is 0.362 e. The second kappa shape index (κ2) is 9.79. The van der Waals surface area contributed by atoms with Crippen LogP contribution in [-0.2, 0) is 6.54 Å². The van der Waals surface area contributed by atoms with E-state index in [9.17, 15) is 9.90 Å². The first-order chi connectivity index (χ1) is 15.4. The second-order valence-corrected chi connectivity index (χ2v) is 8.63. The van der Waals surface area contributed by atoms with E-state index in [0.29, 0.717) is 22.5 Å². The number of nitrogens with zero attached hydrogens (tertiary/aromatic N) is 3. The Bertz CT molecular complexity index is 1090. The molecule has 1 saturated carbocycles. The Kier molecular flexibility index (Phi) is 6.86. The summed E-state index contributed by atoms with van der Waals surface area (Å²) in [6.07, 6.45) is 3.28. The van der Waals surface area contributed by atoms with Crippen LogP contribution in [0.25, 0.3) is 0 Å². The first kappa shape index (κ1) is 22.4. The quantitative estimate of drug-likeness (QED) is 0.489. The van der Waals surface area contributed by atoms with Crippen LogP contribution in [-0.4, -0.2) is 39.3 Å². The van der Waals surface area contributed by atoms with E-state index in [4.69, 9.17) is 32.7 Å². The SMILES string of the molecule is COc1ccc(Cn2nnc(C(=O)O)c2OC2CCC(c3ccc(Cl)c(Cl)c3)CC2)cc1. The summed E-state index contributed by atoms with van der Waals surface area (Å²) in [7, 11) is 1.60. The number of aromatic carboxylic acids is 1. The van der Waals surface area contributed by atoms with Gasteiger partial charge in [-0.2, -0.15) is 0 Å². The maximum atomic E-state index is 11.7. The zero-order valence-electron chi connectivity index (χ0n) is 17.5. The first-order valence-corrected chi connectivity index (χ1v) is 11.1. The van der Waals surface area contributed by atoms with E-state index in [0.717, 1.165) is 42.6 Å². The van der Waals surface area contributed by atoms with E-state index in [1.54, 1.807) is 7.11 Å². The van der Waals surface area contributed by atoms with Gasteiger partial charge in [0, 0.05) is 0 Å². The zero-order chi connectivity index (χ0) is 22.7. The average Bonchev–Trinajstić information content (AvgIpc) is 3.19. The third-order valence-electron chi connectivity index (χ3n) is 5.75. The molecule has 2 aromatic carbocycles. The number of rotatable bonds is 7. The number of carbonyl (C=O) groups is 1. The van der Waals surface area contributed by atoms with Crippen LogP contribution < -0.4 is 9.47 Å². The van der Waals surface area contributed by atoms with Gasteiger partial charge in [-0.1, -0.05) is 46.6 Å². The van der Waals surface area contributed by atoms with Crippen molar-refractivity contribution >= 4 is 29.2 Å². The maximum absolute atomic E-state index is 11.7. The normalized spacial score (nSPS) is 18.3. The van der Waals surface area contributed by atoms with E-state index >= 15 is 0 Å².